The van der Waals surface area contributed by atoms with E-state index in [1.54, 1.807) is 29.2 Å². The summed E-state index contributed by atoms with van der Waals surface area (Å²) in [7, 11) is 0. The van der Waals surface area contributed by atoms with Gasteiger partial charge in [-0.25, -0.2) is 9.97 Å². The van der Waals surface area contributed by atoms with Crippen molar-refractivity contribution in [2.24, 2.45) is 5.73 Å². The molecule has 1 fully saturated rings. The number of likely N-dealkylation sites (tertiary alicyclic amines) is 1. The zero-order chi connectivity index (χ0) is 32.7. The maximum Gasteiger partial charge on any atom is 0.435 e. The number of amides is 2. The van der Waals surface area contributed by atoms with Crippen molar-refractivity contribution in [1.29, 1.82) is 5.26 Å². The van der Waals surface area contributed by atoms with Crippen LogP contribution >= 0.6 is 0 Å². The van der Waals surface area contributed by atoms with Crippen molar-refractivity contribution in [3.63, 3.8) is 0 Å². The van der Waals surface area contributed by atoms with Gasteiger partial charge in [0.2, 0.25) is 5.91 Å². The average Bonchev–Trinajstić information content (AvgIpc) is 3.75. The van der Waals surface area contributed by atoms with Crippen LogP contribution in [-0.4, -0.2) is 78.1 Å². The Hall–Kier alpha value is -5.50. The van der Waals surface area contributed by atoms with Crippen LogP contribution in [0.25, 0.3) is 16.9 Å². The van der Waals surface area contributed by atoms with Gasteiger partial charge in [-0.1, -0.05) is 6.92 Å². The predicted molar refractivity (Wildman–Crippen MR) is 154 cm³/mol. The van der Waals surface area contributed by atoms with Crippen molar-refractivity contribution < 1.29 is 32.7 Å². The predicted octanol–water partition coefficient (Wildman–Crippen LogP) is 2.43. The van der Waals surface area contributed by atoms with E-state index in [-0.39, 0.29) is 60.1 Å². The molecule has 45 heavy (non-hydrogen) atoms. The third-order valence-electron chi connectivity index (χ3n) is 6.94. The molecule has 1 aromatic carbocycles. The van der Waals surface area contributed by atoms with Gasteiger partial charge < -0.3 is 26.4 Å². The number of aryl methyl sites for hydroxylation is 1. The van der Waals surface area contributed by atoms with Crippen LogP contribution in [0.1, 0.15) is 35.0 Å². The first kappa shape index (κ1) is 32.4. The van der Waals surface area contributed by atoms with Gasteiger partial charge in [-0.3, -0.25) is 23.5 Å². The number of hydrogen-bond donors (Lipinski definition) is 4. The molecule has 1 atom stereocenters. The number of aromatic nitrogens is 5. The third-order valence-corrected chi connectivity index (χ3v) is 6.94. The molecule has 4 heterocycles. The van der Waals surface area contributed by atoms with Gasteiger partial charge >= 0.3 is 6.18 Å². The van der Waals surface area contributed by atoms with Crippen molar-refractivity contribution >= 4 is 35.4 Å². The van der Waals surface area contributed by atoms with E-state index >= 15 is 0 Å². The number of carbonyl (C=O) groups is 3. The number of fused-ring (bicyclic) bond motifs is 1. The Morgan fingerprint density at radius 3 is 2.69 bits per heavy atom. The molecule has 5 rings (SSSR count). The van der Waals surface area contributed by atoms with Crippen LogP contribution in [0.4, 0.5) is 24.7 Å². The second-order valence-corrected chi connectivity index (χ2v) is 9.88. The summed E-state index contributed by atoms with van der Waals surface area (Å²) in [5.74, 6) is -0.299. The highest BCUT2D eigenvalue weighted by Crippen LogP contribution is 2.37. The fraction of sp³-hybridized carbons (Fsp3) is 0.321. The second-order valence-electron chi connectivity index (χ2n) is 9.88. The van der Waals surface area contributed by atoms with E-state index in [1.807, 2.05) is 6.92 Å². The Morgan fingerprint density at radius 2 is 2.04 bits per heavy atom. The number of halogens is 3. The van der Waals surface area contributed by atoms with Gasteiger partial charge in [0.1, 0.15) is 6.54 Å². The monoisotopic (exact) mass is 626 g/mol. The number of nitrogens with two attached hydrogens (primary N) is 1. The smallest absolute Gasteiger partial charge is 0.435 e. The van der Waals surface area contributed by atoms with Gasteiger partial charge in [-0.05, 0) is 36.6 Å². The average molecular weight is 627 g/mol. The molecule has 1 aliphatic heterocycles. The van der Waals surface area contributed by atoms with E-state index in [2.05, 4.69) is 25.7 Å². The van der Waals surface area contributed by atoms with E-state index in [1.165, 1.54) is 23.0 Å². The molecule has 0 saturated carbocycles. The first-order chi connectivity index (χ1) is 21.5. The van der Waals surface area contributed by atoms with E-state index in [0.717, 1.165) is 17.3 Å². The molecule has 0 aliphatic carbocycles. The minimum absolute atomic E-state index is 0.0453. The summed E-state index contributed by atoms with van der Waals surface area (Å²) in [6.45, 7) is 2.21. The molecule has 5 N–H and O–H groups in total. The SMILES string of the molecule is CCc1cc(Nc2nccn3c(-c4cn(CC#N)nc4C(F)(F)F)cnc23)ccc1C(=O)NCC(=O)N1CC[C@H](N)C1.O=CO. The number of anilines is 2. The number of nitrogens with one attached hydrogen (secondary N) is 2. The molecule has 0 spiro atoms. The largest absolute Gasteiger partial charge is 0.483 e. The molecule has 0 radical (unpaired) electrons. The number of nitrogens with zero attached hydrogens (tertiary/aromatic N) is 7. The summed E-state index contributed by atoms with van der Waals surface area (Å²) in [5, 5.41) is 25.2. The highest BCUT2D eigenvalue weighted by Gasteiger charge is 2.38. The zero-order valence-corrected chi connectivity index (χ0v) is 24.0. The lowest BCUT2D eigenvalue weighted by atomic mass is 10.0. The van der Waals surface area contributed by atoms with E-state index < -0.39 is 11.9 Å². The lowest BCUT2D eigenvalue weighted by molar-refractivity contribution is -0.141. The Labute approximate surface area is 254 Å². The Bertz CT molecular complexity index is 1740. The molecule has 17 heteroatoms. The van der Waals surface area contributed by atoms with Crippen LogP contribution < -0.4 is 16.4 Å². The number of nitriles is 1. The highest BCUT2D eigenvalue weighted by molar-refractivity contribution is 5.98. The minimum Gasteiger partial charge on any atom is -0.483 e. The Morgan fingerprint density at radius 1 is 1.29 bits per heavy atom. The maximum atomic E-state index is 13.7. The summed E-state index contributed by atoms with van der Waals surface area (Å²) < 4.78 is 43.6. The van der Waals surface area contributed by atoms with Crippen molar-refractivity contribution in [2.45, 2.75) is 38.5 Å². The topological polar surface area (TPSA) is 197 Å². The van der Waals surface area contributed by atoms with Crippen LogP contribution in [-0.2, 0) is 28.7 Å². The van der Waals surface area contributed by atoms with Crippen LogP contribution in [0.2, 0.25) is 0 Å². The minimum atomic E-state index is -4.74. The highest BCUT2D eigenvalue weighted by atomic mass is 19.4. The van der Waals surface area contributed by atoms with Gasteiger partial charge in [0.05, 0.1) is 30.1 Å². The second kappa shape index (κ2) is 13.9. The molecule has 236 valence electrons. The van der Waals surface area contributed by atoms with Gasteiger partial charge in [0.25, 0.3) is 12.4 Å². The van der Waals surface area contributed by atoms with Crippen molar-refractivity contribution in [3.8, 4) is 17.3 Å². The van der Waals surface area contributed by atoms with Gasteiger partial charge in [-0.2, -0.15) is 23.5 Å². The third kappa shape index (κ3) is 7.36. The molecule has 14 nitrogen and oxygen atoms in total. The van der Waals surface area contributed by atoms with E-state index in [4.69, 9.17) is 20.9 Å². The number of hydrogen-bond acceptors (Lipinski definition) is 9. The molecule has 0 unspecified atom stereocenters. The number of benzene rings is 1. The fourth-order valence-electron chi connectivity index (χ4n) is 4.88. The Kier molecular flexibility index (Phi) is 9.98. The molecular weight excluding hydrogens is 597 g/mol. The number of imidazole rings is 1. The van der Waals surface area contributed by atoms with E-state index in [0.29, 0.717) is 36.3 Å². The van der Waals surface area contributed by atoms with Gasteiger partial charge in [0, 0.05) is 49.0 Å². The number of carboxylic acid groups (broad SMARTS) is 1. The maximum absolute atomic E-state index is 13.7. The normalized spacial score (nSPS) is 14.4. The number of carbonyl (C=O) groups excluding carboxylic acids is 2. The summed E-state index contributed by atoms with van der Waals surface area (Å²) in [6, 6.07) is 6.79. The molecule has 3 aromatic heterocycles. The molecule has 1 saturated heterocycles. The standard InChI is InChI=1S/C27H27F3N10O2.CH2O2/c1-2-16-11-18(3-4-19(16)26(42)35-13-22(41)38-8-5-17(32)14-38)36-24-25-34-12-21(40(25)10-7-33-24)20-15-39(9-6-31)37-23(20)27(28,29)30;2-1-3/h3-4,7,10-12,15,17H,2,5,8-9,13-14,32H2,1H3,(H,33,36)(H,35,42);1H,(H,2,3)/t17-;/m0./s1. The summed E-state index contributed by atoms with van der Waals surface area (Å²) in [4.78, 5) is 43.9. The summed E-state index contributed by atoms with van der Waals surface area (Å²) in [6.07, 6.45) is 1.85. The van der Waals surface area contributed by atoms with Gasteiger partial charge in [-0.15, -0.1) is 0 Å². The van der Waals surface area contributed by atoms with Crippen LogP contribution in [0.3, 0.4) is 0 Å². The zero-order valence-electron chi connectivity index (χ0n) is 24.0. The molecule has 1 aliphatic rings. The first-order valence-corrected chi connectivity index (χ1v) is 13.6. The molecule has 2 amide bonds. The van der Waals surface area contributed by atoms with Crippen LogP contribution in [0.15, 0.2) is 43.0 Å². The number of rotatable bonds is 8. The quantitative estimate of drug-likeness (QED) is 0.211. The lowest BCUT2D eigenvalue weighted by Crippen LogP contribution is -2.40. The van der Waals surface area contributed by atoms with E-state index in [9.17, 15) is 22.8 Å². The van der Waals surface area contributed by atoms with Gasteiger partial charge in [0.15, 0.2) is 17.2 Å². The van der Waals surface area contributed by atoms with Crippen molar-refractivity contribution in [1.82, 2.24) is 34.4 Å². The summed E-state index contributed by atoms with van der Waals surface area (Å²) in [5.41, 5.74) is 6.59. The first-order valence-electron chi connectivity index (χ1n) is 13.6. The van der Waals surface area contributed by atoms with Crippen molar-refractivity contribution in [2.75, 3.05) is 25.0 Å². The van der Waals surface area contributed by atoms with Crippen LogP contribution in [0, 0.1) is 11.3 Å². The van der Waals surface area contributed by atoms with Crippen LogP contribution in [0.5, 0.6) is 0 Å². The Balaban J connectivity index is 0.00000148. The molecule has 0 bridgehead atoms. The number of alkyl halides is 3. The lowest BCUT2D eigenvalue weighted by Gasteiger charge is -2.17. The summed E-state index contributed by atoms with van der Waals surface area (Å²) >= 11 is 0. The van der Waals surface area contributed by atoms with Crippen molar-refractivity contribution in [3.05, 3.63) is 59.8 Å². The molecular formula is C28H29F3N10O4. The fourth-order valence-corrected chi connectivity index (χ4v) is 4.88. The molecule has 4 aromatic rings.